The Labute approximate surface area is 207 Å². The van der Waals surface area contributed by atoms with Crippen LogP contribution < -0.4 is 10.9 Å². The summed E-state index contributed by atoms with van der Waals surface area (Å²) in [5, 5.41) is 17.4. The van der Waals surface area contributed by atoms with Gasteiger partial charge in [0.25, 0.3) is 5.91 Å². The first-order chi connectivity index (χ1) is 17.5. The average molecular weight is 498 g/mol. The second-order valence-corrected chi connectivity index (χ2v) is 8.55. The molecule has 1 amide bonds. The predicted molar refractivity (Wildman–Crippen MR) is 135 cm³/mol. The fourth-order valence-corrected chi connectivity index (χ4v) is 4.11. The van der Waals surface area contributed by atoms with Gasteiger partial charge in [-0.3, -0.25) is 4.79 Å². The molecule has 176 valence electrons. The first-order valence-electron chi connectivity index (χ1n) is 10.9. The summed E-state index contributed by atoms with van der Waals surface area (Å²) in [5.41, 5.74) is 3.29. The fourth-order valence-electron chi connectivity index (χ4n) is 3.98. The van der Waals surface area contributed by atoms with Gasteiger partial charge in [0.1, 0.15) is 11.1 Å². The standard InChI is InChI=1S/C26H16ClN5O4/c1-14-24(26(34)28-18-8-4-15-5-11-23(33)35-22(15)12-18)29-31-32(14)19-9-10-21-20(13-19)25(36-30-21)16-2-6-17(27)7-3-16/h2-13H,1H3,(H,28,34). The van der Waals surface area contributed by atoms with E-state index in [0.29, 0.717) is 39.0 Å². The first-order valence-corrected chi connectivity index (χ1v) is 11.3. The molecular weight excluding hydrogens is 482 g/mol. The monoisotopic (exact) mass is 497 g/mol. The normalized spacial score (nSPS) is 11.3. The van der Waals surface area contributed by atoms with Crippen molar-refractivity contribution in [1.82, 2.24) is 20.2 Å². The van der Waals surface area contributed by atoms with Gasteiger partial charge in [0, 0.05) is 33.8 Å². The highest BCUT2D eigenvalue weighted by atomic mass is 35.5. The highest BCUT2D eigenvalue weighted by Gasteiger charge is 2.19. The van der Waals surface area contributed by atoms with Crippen LogP contribution in [0.25, 0.3) is 38.9 Å². The van der Waals surface area contributed by atoms with E-state index in [1.54, 1.807) is 48.0 Å². The maximum atomic E-state index is 13.0. The van der Waals surface area contributed by atoms with E-state index in [1.165, 1.54) is 6.07 Å². The molecule has 0 aliphatic rings. The number of halogens is 1. The zero-order chi connectivity index (χ0) is 24.8. The molecule has 0 bridgehead atoms. The van der Waals surface area contributed by atoms with Crippen LogP contribution in [-0.4, -0.2) is 26.1 Å². The van der Waals surface area contributed by atoms with Crippen molar-refractivity contribution >= 4 is 45.1 Å². The van der Waals surface area contributed by atoms with Crippen LogP contribution in [0.2, 0.25) is 5.02 Å². The third-order valence-electron chi connectivity index (χ3n) is 5.80. The van der Waals surface area contributed by atoms with Crippen molar-refractivity contribution in [3.05, 3.63) is 99.6 Å². The number of anilines is 1. The largest absolute Gasteiger partial charge is 0.423 e. The Morgan fingerprint density at radius 2 is 1.81 bits per heavy atom. The quantitative estimate of drug-likeness (QED) is 0.324. The van der Waals surface area contributed by atoms with Crippen LogP contribution in [0.5, 0.6) is 0 Å². The second kappa shape index (κ2) is 8.47. The van der Waals surface area contributed by atoms with Crippen LogP contribution in [0, 0.1) is 6.92 Å². The molecule has 1 N–H and O–H groups in total. The lowest BCUT2D eigenvalue weighted by Gasteiger charge is -2.06. The lowest BCUT2D eigenvalue weighted by atomic mass is 10.1. The first kappa shape index (κ1) is 21.8. The van der Waals surface area contributed by atoms with Gasteiger partial charge in [-0.2, -0.15) is 0 Å². The number of aromatic nitrogens is 4. The number of nitrogens with one attached hydrogen (secondary N) is 1. The number of fused-ring (bicyclic) bond motifs is 2. The summed E-state index contributed by atoms with van der Waals surface area (Å²) in [5.74, 6) is 0.159. The molecular formula is C26H16ClN5O4. The minimum absolute atomic E-state index is 0.160. The van der Waals surface area contributed by atoms with Crippen molar-refractivity contribution in [3.63, 3.8) is 0 Å². The summed E-state index contributed by atoms with van der Waals surface area (Å²) < 4.78 is 12.3. The molecule has 36 heavy (non-hydrogen) atoms. The number of nitrogens with zero attached hydrogens (tertiary/aromatic N) is 4. The summed E-state index contributed by atoms with van der Waals surface area (Å²) >= 11 is 6.01. The lowest BCUT2D eigenvalue weighted by molar-refractivity contribution is 0.102. The van der Waals surface area contributed by atoms with E-state index < -0.39 is 11.5 Å². The number of carbonyl (C=O) groups excluding carboxylic acids is 1. The Morgan fingerprint density at radius 1 is 1.00 bits per heavy atom. The van der Waals surface area contributed by atoms with E-state index in [1.807, 2.05) is 30.3 Å². The zero-order valence-electron chi connectivity index (χ0n) is 18.7. The van der Waals surface area contributed by atoms with Crippen molar-refractivity contribution in [1.29, 1.82) is 0 Å². The van der Waals surface area contributed by atoms with Gasteiger partial charge < -0.3 is 14.3 Å². The summed E-state index contributed by atoms with van der Waals surface area (Å²) in [4.78, 5) is 24.5. The predicted octanol–water partition coefficient (Wildman–Crippen LogP) is 5.40. The highest BCUT2D eigenvalue weighted by Crippen LogP contribution is 2.31. The SMILES string of the molecule is Cc1c(C(=O)Nc2ccc3ccc(=O)oc3c2)nnn1-c1ccc2noc(-c3ccc(Cl)cc3)c2c1. The average Bonchev–Trinajstić information content (AvgIpc) is 3.47. The molecule has 0 atom stereocenters. The van der Waals surface area contributed by atoms with Crippen molar-refractivity contribution in [2.24, 2.45) is 0 Å². The molecule has 10 heteroatoms. The van der Waals surface area contributed by atoms with Gasteiger partial charge in [-0.1, -0.05) is 22.0 Å². The van der Waals surface area contributed by atoms with Gasteiger partial charge in [0.15, 0.2) is 11.5 Å². The number of hydrogen-bond donors (Lipinski definition) is 1. The number of amides is 1. The van der Waals surface area contributed by atoms with E-state index in [2.05, 4.69) is 20.8 Å². The summed E-state index contributed by atoms with van der Waals surface area (Å²) in [6.45, 7) is 1.76. The lowest BCUT2D eigenvalue weighted by Crippen LogP contribution is -2.14. The third kappa shape index (κ3) is 3.81. The Hall–Kier alpha value is -4.76. The number of rotatable bonds is 4. The van der Waals surface area contributed by atoms with Gasteiger partial charge in [-0.05, 0) is 67.6 Å². The van der Waals surface area contributed by atoms with E-state index in [0.717, 1.165) is 16.3 Å². The van der Waals surface area contributed by atoms with Gasteiger partial charge in [0.05, 0.1) is 16.8 Å². The zero-order valence-corrected chi connectivity index (χ0v) is 19.5. The minimum Gasteiger partial charge on any atom is -0.423 e. The Bertz CT molecular complexity index is 1840. The number of benzene rings is 3. The molecule has 0 radical (unpaired) electrons. The van der Waals surface area contributed by atoms with Crippen molar-refractivity contribution in [2.45, 2.75) is 6.92 Å². The van der Waals surface area contributed by atoms with Gasteiger partial charge in [0.2, 0.25) is 0 Å². The fraction of sp³-hybridized carbons (Fsp3) is 0.0385. The van der Waals surface area contributed by atoms with Crippen molar-refractivity contribution in [3.8, 4) is 17.0 Å². The molecule has 6 rings (SSSR count). The van der Waals surface area contributed by atoms with E-state index in [9.17, 15) is 9.59 Å². The molecule has 9 nitrogen and oxygen atoms in total. The number of carbonyl (C=O) groups is 1. The molecule has 0 aliphatic heterocycles. The molecule has 0 saturated carbocycles. The van der Waals surface area contributed by atoms with Crippen LogP contribution >= 0.6 is 11.6 Å². The molecule has 3 heterocycles. The van der Waals surface area contributed by atoms with Gasteiger partial charge in [-0.25, -0.2) is 9.48 Å². The van der Waals surface area contributed by atoms with Crippen LogP contribution in [0.4, 0.5) is 5.69 Å². The Balaban J connectivity index is 1.32. The molecule has 0 saturated heterocycles. The molecule has 3 aromatic carbocycles. The van der Waals surface area contributed by atoms with Gasteiger partial charge >= 0.3 is 5.63 Å². The molecule has 3 aromatic heterocycles. The van der Waals surface area contributed by atoms with Crippen LogP contribution in [0.3, 0.4) is 0 Å². The molecule has 0 unspecified atom stereocenters. The van der Waals surface area contributed by atoms with Crippen LogP contribution in [0.1, 0.15) is 16.2 Å². The summed E-state index contributed by atoms with van der Waals surface area (Å²) in [7, 11) is 0. The molecule has 6 aromatic rings. The summed E-state index contributed by atoms with van der Waals surface area (Å²) in [6.07, 6.45) is 0. The molecule has 0 spiro atoms. The Morgan fingerprint density at radius 3 is 2.64 bits per heavy atom. The topological polar surface area (TPSA) is 116 Å². The number of hydrogen-bond acceptors (Lipinski definition) is 7. The maximum absolute atomic E-state index is 13.0. The highest BCUT2D eigenvalue weighted by molar-refractivity contribution is 6.30. The van der Waals surface area contributed by atoms with E-state index in [-0.39, 0.29) is 5.69 Å². The van der Waals surface area contributed by atoms with Crippen LogP contribution in [-0.2, 0) is 0 Å². The molecule has 0 aliphatic carbocycles. The minimum atomic E-state index is -0.464. The van der Waals surface area contributed by atoms with Crippen molar-refractivity contribution < 1.29 is 13.7 Å². The maximum Gasteiger partial charge on any atom is 0.336 e. The van der Waals surface area contributed by atoms with E-state index in [4.69, 9.17) is 20.5 Å². The Kier molecular flexibility index (Phi) is 5.12. The van der Waals surface area contributed by atoms with E-state index >= 15 is 0 Å². The van der Waals surface area contributed by atoms with Crippen LogP contribution in [0.15, 0.2) is 86.5 Å². The summed E-state index contributed by atoms with van der Waals surface area (Å²) in [6, 6.07) is 20.9. The molecule has 0 fully saturated rings. The van der Waals surface area contributed by atoms with Gasteiger partial charge in [-0.15, -0.1) is 5.10 Å². The smallest absolute Gasteiger partial charge is 0.336 e. The second-order valence-electron chi connectivity index (χ2n) is 8.12. The third-order valence-corrected chi connectivity index (χ3v) is 6.05. The van der Waals surface area contributed by atoms with Crippen molar-refractivity contribution in [2.75, 3.05) is 5.32 Å².